The van der Waals surface area contributed by atoms with Crippen LogP contribution in [0.1, 0.15) is 31.9 Å². The van der Waals surface area contributed by atoms with Crippen LogP contribution in [-0.2, 0) is 0 Å². The number of nitrogens with zero attached hydrogens (tertiary/aromatic N) is 2. The quantitative estimate of drug-likeness (QED) is 0.657. The molecule has 0 bridgehead atoms. The van der Waals surface area contributed by atoms with Crippen LogP contribution in [0.5, 0.6) is 0 Å². The van der Waals surface area contributed by atoms with Crippen LogP contribution < -0.4 is 5.73 Å². The highest BCUT2D eigenvalue weighted by Crippen LogP contribution is 2.33. The molecule has 1 aromatic carbocycles. The van der Waals surface area contributed by atoms with Crippen molar-refractivity contribution in [1.29, 1.82) is 0 Å². The molecule has 1 aliphatic rings. The first-order chi connectivity index (χ1) is 8.50. The van der Waals surface area contributed by atoms with E-state index in [9.17, 15) is 10.1 Å². The number of nitrogens with two attached hydrogens (primary N) is 1. The standard InChI is InChI=1S/C13H19N3O2/c1-9(2)15-8-7-12(14)13(15)10-3-5-11(6-4-10)16(17)18/h3-6,9,12-13H,7-8,14H2,1-2H3. The Labute approximate surface area is 107 Å². The lowest BCUT2D eigenvalue weighted by Crippen LogP contribution is -2.35. The Morgan fingerprint density at radius 3 is 2.50 bits per heavy atom. The summed E-state index contributed by atoms with van der Waals surface area (Å²) < 4.78 is 0. The normalized spacial score (nSPS) is 24.7. The van der Waals surface area contributed by atoms with Gasteiger partial charge in [0.1, 0.15) is 0 Å². The summed E-state index contributed by atoms with van der Waals surface area (Å²) in [5, 5.41) is 10.6. The number of non-ortho nitro benzene ring substituents is 1. The molecule has 2 atom stereocenters. The summed E-state index contributed by atoms with van der Waals surface area (Å²) in [6, 6.07) is 7.46. The van der Waals surface area contributed by atoms with Crippen molar-refractivity contribution in [2.24, 2.45) is 5.73 Å². The molecule has 2 N–H and O–H groups in total. The minimum Gasteiger partial charge on any atom is -0.326 e. The zero-order chi connectivity index (χ0) is 13.3. The van der Waals surface area contributed by atoms with E-state index in [-0.39, 0.29) is 22.7 Å². The highest BCUT2D eigenvalue weighted by atomic mass is 16.6. The lowest BCUT2D eigenvalue weighted by atomic mass is 10.00. The molecular formula is C13H19N3O2. The number of hydrogen-bond acceptors (Lipinski definition) is 4. The van der Waals surface area contributed by atoms with Crippen molar-refractivity contribution < 1.29 is 4.92 Å². The highest BCUT2D eigenvalue weighted by Gasteiger charge is 2.34. The van der Waals surface area contributed by atoms with Gasteiger partial charge in [0, 0.05) is 30.8 Å². The fourth-order valence-corrected chi connectivity index (χ4v) is 2.65. The molecule has 0 spiro atoms. The van der Waals surface area contributed by atoms with Crippen LogP contribution in [0, 0.1) is 10.1 Å². The van der Waals surface area contributed by atoms with Gasteiger partial charge in [0.2, 0.25) is 0 Å². The Hall–Kier alpha value is -1.46. The van der Waals surface area contributed by atoms with Gasteiger partial charge in [0.15, 0.2) is 0 Å². The summed E-state index contributed by atoms with van der Waals surface area (Å²) in [6.45, 7) is 5.29. The van der Waals surface area contributed by atoms with Crippen LogP contribution in [-0.4, -0.2) is 28.5 Å². The first kappa shape index (κ1) is 13.0. The smallest absolute Gasteiger partial charge is 0.269 e. The predicted octanol–water partition coefficient (Wildman–Crippen LogP) is 2.08. The van der Waals surface area contributed by atoms with Crippen LogP contribution in [0.15, 0.2) is 24.3 Å². The number of nitro benzene ring substituents is 1. The summed E-state index contributed by atoms with van der Waals surface area (Å²) in [7, 11) is 0. The minimum atomic E-state index is -0.376. The summed E-state index contributed by atoms with van der Waals surface area (Å²) in [5.74, 6) is 0. The van der Waals surface area contributed by atoms with E-state index in [1.165, 1.54) is 0 Å². The Kier molecular flexibility index (Phi) is 3.63. The summed E-state index contributed by atoms with van der Waals surface area (Å²) >= 11 is 0. The first-order valence-electron chi connectivity index (χ1n) is 6.26. The van der Waals surface area contributed by atoms with Crippen molar-refractivity contribution in [1.82, 2.24) is 4.90 Å². The Balaban J connectivity index is 2.26. The molecule has 0 amide bonds. The summed E-state index contributed by atoms with van der Waals surface area (Å²) in [5.41, 5.74) is 7.36. The van der Waals surface area contributed by atoms with Crippen molar-refractivity contribution >= 4 is 5.69 Å². The number of benzene rings is 1. The van der Waals surface area contributed by atoms with E-state index in [1.54, 1.807) is 12.1 Å². The average Bonchev–Trinajstić information content (AvgIpc) is 2.71. The van der Waals surface area contributed by atoms with Crippen molar-refractivity contribution in [3.8, 4) is 0 Å². The van der Waals surface area contributed by atoms with E-state index in [0.29, 0.717) is 6.04 Å². The fraction of sp³-hybridized carbons (Fsp3) is 0.538. The predicted molar refractivity (Wildman–Crippen MR) is 70.3 cm³/mol. The second-order valence-corrected chi connectivity index (χ2v) is 5.08. The fourth-order valence-electron chi connectivity index (χ4n) is 2.65. The monoisotopic (exact) mass is 249 g/mol. The lowest BCUT2D eigenvalue weighted by Gasteiger charge is -2.30. The van der Waals surface area contributed by atoms with E-state index in [0.717, 1.165) is 18.5 Å². The van der Waals surface area contributed by atoms with Crippen LogP contribution in [0.25, 0.3) is 0 Å². The second kappa shape index (κ2) is 5.04. The van der Waals surface area contributed by atoms with Gasteiger partial charge in [0.25, 0.3) is 5.69 Å². The van der Waals surface area contributed by atoms with E-state index in [1.807, 2.05) is 12.1 Å². The molecule has 0 aliphatic carbocycles. The maximum Gasteiger partial charge on any atom is 0.269 e. The summed E-state index contributed by atoms with van der Waals surface area (Å²) in [6.07, 6.45) is 0.972. The molecule has 0 radical (unpaired) electrons. The molecule has 1 aromatic rings. The molecule has 5 nitrogen and oxygen atoms in total. The molecule has 98 valence electrons. The maximum absolute atomic E-state index is 10.6. The molecular weight excluding hydrogens is 230 g/mol. The minimum absolute atomic E-state index is 0.105. The van der Waals surface area contributed by atoms with Gasteiger partial charge in [-0.05, 0) is 25.8 Å². The van der Waals surface area contributed by atoms with Gasteiger partial charge in [-0.3, -0.25) is 15.0 Å². The van der Waals surface area contributed by atoms with E-state index in [2.05, 4.69) is 18.7 Å². The molecule has 2 unspecified atom stereocenters. The Morgan fingerprint density at radius 2 is 2.00 bits per heavy atom. The molecule has 1 aliphatic heterocycles. The molecule has 1 saturated heterocycles. The molecule has 1 heterocycles. The molecule has 5 heteroatoms. The van der Waals surface area contributed by atoms with Crippen LogP contribution >= 0.6 is 0 Å². The molecule has 0 aromatic heterocycles. The SMILES string of the molecule is CC(C)N1CCC(N)C1c1ccc([N+](=O)[O-])cc1. The molecule has 0 saturated carbocycles. The largest absolute Gasteiger partial charge is 0.326 e. The second-order valence-electron chi connectivity index (χ2n) is 5.08. The van der Waals surface area contributed by atoms with Gasteiger partial charge in [0.05, 0.1) is 11.0 Å². The Bertz CT molecular complexity index is 430. The third-order valence-corrected chi connectivity index (χ3v) is 3.59. The van der Waals surface area contributed by atoms with Gasteiger partial charge < -0.3 is 5.73 Å². The van der Waals surface area contributed by atoms with Gasteiger partial charge in [-0.2, -0.15) is 0 Å². The number of likely N-dealkylation sites (tertiary alicyclic amines) is 1. The van der Waals surface area contributed by atoms with E-state index < -0.39 is 0 Å². The number of rotatable bonds is 3. The molecule has 2 rings (SSSR count). The van der Waals surface area contributed by atoms with Gasteiger partial charge in [-0.1, -0.05) is 12.1 Å². The topological polar surface area (TPSA) is 72.4 Å². The van der Waals surface area contributed by atoms with Gasteiger partial charge in [-0.15, -0.1) is 0 Å². The van der Waals surface area contributed by atoms with Gasteiger partial charge >= 0.3 is 0 Å². The van der Waals surface area contributed by atoms with E-state index in [4.69, 9.17) is 5.73 Å². The van der Waals surface area contributed by atoms with Crippen molar-refractivity contribution in [3.63, 3.8) is 0 Å². The average molecular weight is 249 g/mol. The highest BCUT2D eigenvalue weighted by molar-refractivity contribution is 5.35. The molecule has 1 fully saturated rings. The van der Waals surface area contributed by atoms with Gasteiger partial charge in [-0.25, -0.2) is 0 Å². The number of hydrogen-bond donors (Lipinski definition) is 1. The van der Waals surface area contributed by atoms with Crippen LogP contribution in [0.2, 0.25) is 0 Å². The third kappa shape index (κ3) is 2.37. The zero-order valence-corrected chi connectivity index (χ0v) is 10.7. The van der Waals surface area contributed by atoms with Crippen LogP contribution in [0.4, 0.5) is 5.69 Å². The third-order valence-electron chi connectivity index (χ3n) is 3.59. The van der Waals surface area contributed by atoms with Crippen molar-refractivity contribution in [2.75, 3.05) is 6.54 Å². The maximum atomic E-state index is 10.6. The summed E-state index contributed by atoms with van der Waals surface area (Å²) in [4.78, 5) is 12.6. The van der Waals surface area contributed by atoms with Crippen LogP contribution in [0.3, 0.4) is 0 Å². The molecule has 18 heavy (non-hydrogen) atoms. The van der Waals surface area contributed by atoms with Crippen molar-refractivity contribution in [3.05, 3.63) is 39.9 Å². The van der Waals surface area contributed by atoms with Crippen molar-refractivity contribution in [2.45, 2.75) is 38.4 Å². The lowest BCUT2D eigenvalue weighted by molar-refractivity contribution is -0.384. The Morgan fingerprint density at radius 1 is 1.39 bits per heavy atom. The first-order valence-corrected chi connectivity index (χ1v) is 6.26. The number of nitro groups is 1. The zero-order valence-electron chi connectivity index (χ0n) is 10.7. The van der Waals surface area contributed by atoms with E-state index >= 15 is 0 Å².